The van der Waals surface area contributed by atoms with Gasteiger partial charge in [0.05, 0.1) is 0 Å². The molecule has 0 N–H and O–H groups in total. The average Bonchev–Trinajstić information content (AvgIpc) is 1.86. The van der Waals surface area contributed by atoms with Gasteiger partial charge in [-0.05, 0) is 36.5 Å². The Bertz CT molecular complexity index is 182. The minimum atomic E-state index is 0.755. The molecular weight excluding hydrogens is 120 g/mol. The molecule has 0 aromatic heterocycles. The van der Waals surface area contributed by atoms with E-state index in [1.165, 1.54) is 38.5 Å². The predicted octanol–water partition coefficient (Wildman–Crippen LogP) is 2.90. The zero-order chi connectivity index (χ0) is 6.66. The van der Waals surface area contributed by atoms with Crippen molar-refractivity contribution >= 4 is 0 Å². The molecule has 0 nitrogen and oxygen atoms in total. The smallest absolute Gasteiger partial charge is 0.00268 e. The van der Waals surface area contributed by atoms with E-state index in [4.69, 9.17) is 0 Å². The molecule has 0 aromatic rings. The van der Waals surface area contributed by atoms with Crippen LogP contribution in [-0.2, 0) is 0 Å². The molecule has 0 amide bonds. The highest BCUT2D eigenvalue weighted by Gasteiger charge is 2.61. The van der Waals surface area contributed by atoms with Crippen LogP contribution in [0.2, 0.25) is 0 Å². The van der Waals surface area contributed by atoms with E-state index in [0.717, 1.165) is 10.8 Å². The Hall–Kier alpha value is -0.260. The largest absolute Gasteiger partial charge is 0.0808 e. The SMILES string of the molecule is C1=CC23CCCCC12CC3. The molecule has 3 aliphatic carbocycles. The van der Waals surface area contributed by atoms with Gasteiger partial charge in [0, 0.05) is 0 Å². The van der Waals surface area contributed by atoms with Gasteiger partial charge in [0.25, 0.3) is 0 Å². The van der Waals surface area contributed by atoms with Gasteiger partial charge in [-0.25, -0.2) is 0 Å². The van der Waals surface area contributed by atoms with Crippen molar-refractivity contribution in [3.8, 4) is 0 Å². The van der Waals surface area contributed by atoms with Crippen LogP contribution in [-0.4, -0.2) is 0 Å². The average molecular weight is 134 g/mol. The maximum absolute atomic E-state index is 2.50. The van der Waals surface area contributed by atoms with Crippen molar-refractivity contribution in [2.75, 3.05) is 0 Å². The summed E-state index contributed by atoms with van der Waals surface area (Å²) in [6, 6.07) is 0. The fourth-order valence-corrected chi connectivity index (χ4v) is 3.28. The number of allylic oxidation sites excluding steroid dienone is 2. The third kappa shape index (κ3) is 0.349. The van der Waals surface area contributed by atoms with Gasteiger partial charge >= 0.3 is 0 Å². The zero-order valence-electron chi connectivity index (χ0n) is 6.40. The molecule has 2 fully saturated rings. The van der Waals surface area contributed by atoms with Crippen LogP contribution in [0.25, 0.3) is 0 Å². The van der Waals surface area contributed by atoms with Crippen LogP contribution in [0, 0.1) is 10.8 Å². The Kier molecular flexibility index (Phi) is 0.725. The third-order valence-electron chi connectivity index (χ3n) is 4.23. The summed E-state index contributed by atoms with van der Waals surface area (Å²) >= 11 is 0. The molecule has 0 saturated heterocycles. The summed E-state index contributed by atoms with van der Waals surface area (Å²) in [5.74, 6) is 0. The van der Waals surface area contributed by atoms with Crippen LogP contribution in [0.1, 0.15) is 38.5 Å². The molecule has 0 heteroatoms. The zero-order valence-corrected chi connectivity index (χ0v) is 6.40. The molecule has 0 aromatic carbocycles. The lowest BCUT2D eigenvalue weighted by atomic mass is 9.38. The van der Waals surface area contributed by atoms with Gasteiger partial charge in [0.1, 0.15) is 0 Å². The van der Waals surface area contributed by atoms with E-state index in [0.29, 0.717) is 0 Å². The molecule has 2 saturated carbocycles. The Morgan fingerprint density at radius 1 is 0.700 bits per heavy atom. The summed E-state index contributed by atoms with van der Waals surface area (Å²) < 4.78 is 0. The summed E-state index contributed by atoms with van der Waals surface area (Å²) in [5.41, 5.74) is 1.51. The quantitative estimate of drug-likeness (QED) is 0.447. The van der Waals surface area contributed by atoms with E-state index in [2.05, 4.69) is 12.2 Å². The second-order valence-electron chi connectivity index (χ2n) is 4.35. The van der Waals surface area contributed by atoms with Crippen molar-refractivity contribution in [1.29, 1.82) is 0 Å². The fourth-order valence-electron chi connectivity index (χ4n) is 3.28. The second kappa shape index (κ2) is 1.34. The molecule has 3 rings (SSSR count). The van der Waals surface area contributed by atoms with Gasteiger partial charge in [-0.3, -0.25) is 0 Å². The highest BCUT2D eigenvalue weighted by Crippen LogP contribution is 2.71. The molecule has 54 valence electrons. The molecule has 0 bridgehead atoms. The van der Waals surface area contributed by atoms with Crippen LogP contribution in [0.3, 0.4) is 0 Å². The van der Waals surface area contributed by atoms with Crippen molar-refractivity contribution in [3.05, 3.63) is 12.2 Å². The first kappa shape index (κ1) is 5.40. The molecule has 0 spiro atoms. The van der Waals surface area contributed by atoms with Gasteiger partial charge in [-0.2, -0.15) is 0 Å². The number of rotatable bonds is 0. The standard InChI is InChI=1S/C10H14/c1-2-4-10-7-5-9(10,3-1)6-8-10/h5,7H,1-4,6,8H2. The second-order valence-corrected chi connectivity index (χ2v) is 4.35. The fraction of sp³-hybridized carbons (Fsp3) is 0.800. The van der Waals surface area contributed by atoms with Crippen LogP contribution >= 0.6 is 0 Å². The lowest BCUT2D eigenvalue weighted by Gasteiger charge is -2.66. The maximum Gasteiger partial charge on any atom is -0.00268 e. The van der Waals surface area contributed by atoms with Crippen molar-refractivity contribution in [1.82, 2.24) is 0 Å². The van der Waals surface area contributed by atoms with E-state index in [9.17, 15) is 0 Å². The van der Waals surface area contributed by atoms with Crippen molar-refractivity contribution in [2.45, 2.75) is 38.5 Å². The van der Waals surface area contributed by atoms with Gasteiger partial charge in [-0.1, -0.05) is 25.0 Å². The maximum atomic E-state index is 2.50. The summed E-state index contributed by atoms with van der Waals surface area (Å²) in [5, 5.41) is 0. The number of hydrogen-bond acceptors (Lipinski definition) is 0. The molecule has 0 aliphatic heterocycles. The summed E-state index contributed by atoms with van der Waals surface area (Å²) in [6.07, 6.45) is 14.0. The van der Waals surface area contributed by atoms with Crippen LogP contribution in [0.4, 0.5) is 0 Å². The Morgan fingerprint density at radius 3 is 1.40 bits per heavy atom. The summed E-state index contributed by atoms with van der Waals surface area (Å²) in [4.78, 5) is 0. The van der Waals surface area contributed by atoms with Gasteiger partial charge in [0.15, 0.2) is 0 Å². The van der Waals surface area contributed by atoms with Crippen LogP contribution in [0.15, 0.2) is 12.2 Å². The first-order valence-electron chi connectivity index (χ1n) is 4.57. The molecule has 2 atom stereocenters. The lowest BCUT2D eigenvalue weighted by Crippen LogP contribution is -2.56. The molecule has 0 heterocycles. The Labute approximate surface area is 62.3 Å². The predicted molar refractivity (Wildman–Crippen MR) is 41.7 cm³/mol. The minimum Gasteiger partial charge on any atom is -0.0808 e. The molecule has 2 unspecified atom stereocenters. The first-order chi connectivity index (χ1) is 4.87. The number of hydrogen-bond donors (Lipinski definition) is 0. The molecule has 10 heavy (non-hydrogen) atoms. The highest BCUT2D eigenvalue weighted by molar-refractivity contribution is 5.33. The van der Waals surface area contributed by atoms with Crippen LogP contribution in [0.5, 0.6) is 0 Å². The summed E-state index contributed by atoms with van der Waals surface area (Å²) in [7, 11) is 0. The van der Waals surface area contributed by atoms with Gasteiger partial charge in [-0.15, -0.1) is 0 Å². The van der Waals surface area contributed by atoms with Crippen molar-refractivity contribution in [2.24, 2.45) is 10.8 Å². The van der Waals surface area contributed by atoms with E-state index >= 15 is 0 Å². The third-order valence-corrected chi connectivity index (χ3v) is 4.23. The van der Waals surface area contributed by atoms with Crippen LogP contribution < -0.4 is 0 Å². The topological polar surface area (TPSA) is 0 Å². The lowest BCUT2D eigenvalue weighted by molar-refractivity contribution is -0.0666. The normalized spacial score (nSPS) is 56.0. The van der Waals surface area contributed by atoms with Gasteiger partial charge < -0.3 is 0 Å². The Morgan fingerprint density at radius 2 is 1.20 bits per heavy atom. The highest BCUT2D eigenvalue weighted by atomic mass is 14.6. The Balaban J connectivity index is 2.02. The van der Waals surface area contributed by atoms with E-state index < -0.39 is 0 Å². The van der Waals surface area contributed by atoms with E-state index in [1.54, 1.807) is 0 Å². The van der Waals surface area contributed by atoms with E-state index in [-0.39, 0.29) is 0 Å². The molecular formula is C10H14. The minimum absolute atomic E-state index is 0.755. The van der Waals surface area contributed by atoms with Crippen molar-refractivity contribution < 1.29 is 0 Å². The first-order valence-corrected chi connectivity index (χ1v) is 4.57. The summed E-state index contributed by atoms with van der Waals surface area (Å²) in [6.45, 7) is 0. The van der Waals surface area contributed by atoms with E-state index in [1.807, 2.05) is 0 Å². The molecule has 0 radical (unpaired) electrons. The van der Waals surface area contributed by atoms with Gasteiger partial charge in [0.2, 0.25) is 0 Å². The van der Waals surface area contributed by atoms with Crippen molar-refractivity contribution in [3.63, 3.8) is 0 Å². The monoisotopic (exact) mass is 134 g/mol. The molecule has 3 aliphatic rings.